The summed E-state index contributed by atoms with van der Waals surface area (Å²) < 4.78 is 51.9. The Morgan fingerprint density at radius 3 is 2.58 bits per heavy atom. The van der Waals surface area contributed by atoms with E-state index >= 15 is 0 Å². The molecule has 0 amide bonds. The van der Waals surface area contributed by atoms with Crippen molar-refractivity contribution in [2.24, 2.45) is 0 Å². The molecule has 0 saturated carbocycles. The van der Waals surface area contributed by atoms with Crippen LogP contribution in [-0.4, -0.2) is 42.6 Å². The summed E-state index contributed by atoms with van der Waals surface area (Å²) >= 11 is 0. The van der Waals surface area contributed by atoms with Crippen LogP contribution < -0.4 is 4.74 Å². The van der Waals surface area contributed by atoms with Gasteiger partial charge in [-0.1, -0.05) is 12.1 Å². The Labute approximate surface area is 180 Å². The summed E-state index contributed by atoms with van der Waals surface area (Å²) in [6.45, 7) is 3.13. The largest absolute Gasteiger partial charge is 0.494 e. The maximum atomic E-state index is 13.1. The van der Waals surface area contributed by atoms with Crippen molar-refractivity contribution in [3.05, 3.63) is 71.7 Å². The van der Waals surface area contributed by atoms with Crippen molar-refractivity contribution < 1.29 is 22.0 Å². The predicted octanol–water partition coefficient (Wildman–Crippen LogP) is 3.77. The lowest BCUT2D eigenvalue weighted by molar-refractivity contribution is 0.281. The van der Waals surface area contributed by atoms with Gasteiger partial charge in [0.05, 0.1) is 23.8 Å². The van der Waals surface area contributed by atoms with Gasteiger partial charge in [-0.3, -0.25) is 0 Å². The second-order valence-corrected chi connectivity index (χ2v) is 9.38. The number of piperidine rings is 1. The fraction of sp³-hybridized carbons (Fsp3) is 0.364. The number of sulfonamides is 1. The monoisotopic (exact) mass is 445 g/mol. The zero-order valence-electron chi connectivity index (χ0n) is 17.2. The standard InChI is InChI=1S/C22H24FN3O4S/c1-2-29-19-9-11-20(12-10-19)31(27,28)26-13-3-4-17(15-26)22-25-24-21(30-22)14-16-5-7-18(23)8-6-16/h5-12,17H,2-4,13-15H2,1H3. The average Bonchev–Trinajstić information content (AvgIpc) is 3.25. The summed E-state index contributed by atoms with van der Waals surface area (Å²) in [4.78, 5) is 0.235. The summed E-state index contributed by atoms with van der Waals surface area (Å²) in [6, 6.07) is 12.6. The average molecular weight is 446 g/mol. The van der Waals surface area contributed by atoms with Gasteiger partial charge < -0.3 is 9.15 Å². The Bertz CT molecular complexity index is 1110. The van der Waals surface area contributed by atoms with E-state index in [1.165, 1.54) is 16.4 Å². The summed E-state index contributed by atoms with van der Waals surface area (Å²) in [5, 5.41) is 8.24. The van der Waals surface area contributed by atoms with Crippen LogP contribution >= 0.6 is 0 Å². The van der Waals surface area contributed by atoms with Crippen LogP contribution in [0.4, 0.5) is 4.39 Å². The smallest absolute Gasteiger partial charge is 0.243 e. The molecule has 1 unspecified atom stereocenters. The molecule has 1 saturated heterocycles. The molecule has 2 heterocycles. The molecule has 1 aliphatic heterocycles. The number of hydrogen-bond acceptors (Lipinski definition) is 6. The first-order valence-corrected chi connectivity index (χ1v) is 11.7. The molecule has 1 fully saturated rings. The fourth-order valence-corrected chi connectivity index (χ4v) is 5.19. The molecule has 0 N–H and O–H groups in total. The van der Waals surface area contributed by atoms with Gasteiger partial charge in [0.1, 0.15) is 11.6 Å². The fourth-order valence-electron chi connectivity index (χ4n) is 3.67. The molecule has 7 nitrogen and oxygen atoms in total. The topological polar surface area (TPSA) is 85.5 Å². The number of nitrogens with zero attached hydrogens (tertiary/aromatic N) is 3. The molecule has 164 valence electrons. The van der Waals surface area contributed by atoms with E-state index in [-0.39, 0.29) is 23.2 Å². The predicted molar refractivity (Wildman–Crippen MR) is 112 cm³/mol. The van der Waals surface area contributed by atoms with E-state index in [9.17, 15) is 12.8 Å². The first kappa shape index (κ1) is 21.5. The van der Waals surface area contributed by atoms with Crippen LogP contribution in [0.5, 0.6) is 5.75 Å². The van der Waals surface area contributed by atoms with Gasteiger partial charge in [-0.05, 0) is 61.7 Å². The van der Waals surface area contributed by atoms with Crippen molar-refractivity contribution >= 4 is 10.0 Å². The van der Waals surface area contributed by atoms with Crippen molar-refractivity contribution in [3.63, 3.8) is 0 Å². The van der Waals surface area contributed by atoms with Gasteiger partial charge in [0.25, 0.3) is 0 Å². The van der Waals surface area contributed by atoms with Crippen LogP contribution in [0.1, 0.15) is 43.0 Å². The minimum Gasteiger partial charge on any atom is -0.494 e. The van der Waals surface area contributed by atoms with Gasteiger partial charge in [-0.2, -0.15) is 4.31 Å². The second-order valence-electron chi connectivity index (χ2n) is 7.44. The molecule has 1 atom stereocenters. The molecule has 2 aromatic carbocycles. The summed E-state index contributed by atoms with van der Waals surface area (Å²) in [5.74, 6) is 1.03. The Hall–Kier alpha value is -2.78. The molecule has 0 bridgehead atoms. The highest BCUT2D eigenvalue weighted by Crippen LogP contribution is 2.30. The van der Waals surface area contributed by atoms with E-state index in [4.69, 9.17) is 9.15 Å². The molecule has 9 heteroatoms. The van der Waals surface area contributed by atoms with Crippen molar-refractivity contribution in [1.29, 1.82) is 0 Å². The highest BCUT2D eigenvalue weighted by molar-refractivity contribution is 7.89. The van der Waals surface area contributed by atoms with Crippen LogP contribution in [0.2, 0.25) is 0 Å². The van der Waals surface area contributed by atoms with E-state index in [1.54, 1.807) is 36.4 Å². The van der Waals surface area contributed by atoms with Gasteiger partial charge in [0, 0.05) is 13.1 Å². The number of ether oxygens (including phenoxy) is 1. The lowest BCUT2D eigenvalue weighted by Crippen LogP contribution is -2.39. The Morgan fingerprint density at radius 2 is 1.87 bits per heavy atom. The highest BCUT2D eigenvalue weighted by atomic mass is 32.2. The summed E-state index contributed by atoms with van der Waals surface area (Å²) in [7, 11) is -3.63. The molecule has 31 heavy (non-hydrogen) atoms. The van der Waals surface area contributed by atoms with Crippen molar-refractivity contribution in [1.82, 2.24) is 14.5 Å². The van der Waals surface area contributed by atoms with Crippen LogP contribution in [-0.2, 0) is 16.4 Å². The summed E-state index contributed by atoms with van der Waals surface area (Å²) in [6.07, 6.45) is 1.87. The van der Waals surface area contributed by atoms with Gasteiger partial charge in [0.2, 0.25) is 21.8 Å². The zero-order valence-corrected chi connectivity index (χ0v) is 18.0. The van der Waals surface area contributed by atoms with E-state index < -0.39 is 10.0 Å². The molecular formula is C22H24FN3O4S. The van der Waals surface area contributed by atoms with Crippen LogP contribution in [0.3, 0.4) is 0 Å². The number of hydrogen-bond donors (Lipinski definition) is 0. The van der Waals surface area contributed by atoms with Gasteiger partial charge >= 0.3 is 0 Å². The van der Waals surface area contributed by atoms with Gasteiger partial charge in [0.15, 0.2) is 0 Å². The van der Waals surface area contributed by atoms with Crippen LogP contribution in [0.25, 0.3) is 0 Å². The minimum absolute atomic E-state index is 0.166. The molecule has 0 aliphatic carbocycles. The third-order valence-electron chi connectivity index (χ3n) is 5.26. The Morgan fingerprint density at radius 1 is 1.13 bits per heavy atom. The zero-order chi connectivity index (χ0) is 21.8. The normalized spacial score (nSPS) is 17.5. The Kier molecular flexibility index (Phi) is 6.33. The van der Waals surface area contributed by atoms with E-state index in [0.29, 0.717) is 43.5 Å². The van der Waals surface area contributed by atoms with E-state index in [2.05, 4.69) is 10.2 Å². The second kappa shape index (κ2) is 9.15. The number of halogens is 1. The van der Waals surface area contributed by atoms with Gasteiger partial charge in [-0.25, -0.2) is 12.8 Å². The third-order valence-corrected chi connectivity index (χ3v) is 7.14. The SMILES string of the molecule is CCOc1ccc(S(=O)(=O)N2CCCC(c3nnc(Cc4ccc(F)cc4)o3)C2)cc1. The van der Waals surface area contributed by atoms with Gasteiger partial charge in [-0.15, -0.1) is 10.2 Å². The molecular weight excluding hydrogens is 421 g/mol. The van der Waals surface area contributed by atoms with Crippen molar-refractivity contribution in [2.75, 3.05) is 19.7 Å². The lowest BCUT2D eigenvalue weighted by Gasteiger charge is -2.30. The lowest BCUT2D eigenvalue weighted by atomic mass is 10.00. The maximum Gasteiger partial charge on any atom is 0.243 e. The molecule has 1 aromatic heterocycles. The van der Waals surface area contributed by atoms with Crippen LogP contribution in [0, 0.1) is 5.82 Å². The molecule has 1 aliphatic rings. The van der Waals surface area contributed by atoms with Crippen molar-refractivity contribution in [3.8, 4) is 5.75 Å². The molecule has 4 rings (SSSR count). The first-order valence-electron chi connectivity index (χ1n) is 10.3. The summed E-state index contributed by atoms with van der Waals surface area (Å²) in [5.41, 5.74) is 0.861. The first-order chi connectivity index (χ1) is 15.0. The Balaban J connectivity index is 1.45. The molecule has 0 spiro atoms. The highest BCUT2D eigenvalue weighted by Gasteiger charge is 2.33. The van der Waals surface area contributed by atoms with Crippen LogP contribution in [0.15, 0.2) is 57.8 Å². The van der Waals surface area contributed by atoms with Crippen molar-refractivity contribution in [2.45, 2.75) is 37.0 Å². The third kappa shape index (κ3) is 4.94. The number of aromatic nitrogens is 2. The maximum absolute atomic E-state index is 13.1. The molecule has 3 aromatic rings. The number of benzene rings is 2. The minimum atomic E-state index is -3.63. The number of rotatable bonds is 7. The molecule has 0 radical (unpaired) electrons. The van der Waals surface area contributed by atoms with E-state index in [1.807, 2.05) is 6.92 Å². The van der Waals surface area contributed by atoms with E-state index in [0.717, 1.165) is 12.0 Å². The quantitative estimate of drug-likeness (QED) is 0.550.